The number of amides is 4. The second-order valence-corrected chi connectivity index (χ2v) is 3.08. The molecule has 6 nitrogen and oxygen atoms in total. The highest BCUT2D eigenvalue weighted by Crippen LogP contribution is 2.19. The average molecular weight is 185 g/mol. The van der Waals surface area contributed by atoms with Gasteiger partial charge < -0.3 is 11.5 Å². The number of hydrogen-bond acceptors (Lipinski definition) is 3. The minimum absolute atomic E-state index is 0.121. The maximum absolute atomic E-state index is 11.1. The fraction of sp³-hybridized carbons (Fsp3) is 0.571. The van der Waals surface area contributed by atoms with E-state index < -0.39 is 11.9 Å². The van der Waals surface area contributed by atoms with E-state index in [1.165, 1.54) is 0 Å². The normalized spacial score (nSPS) is 22.0. The van der Waals surface area contributed by atoms with Gasteiger partial charge in [-0.15, -0.1) is 0 Å². The monoisotopic (exact) mass is 185 g/mol. The predicted molar refractivity (Wildman–Crippen MR) is 43.2 cm³/mol. The summed E-state index contributed by atoms with van der Waals surface area (Å²) in [4.78, 5) is 33.2. The molecule has 1 aliphatic rings. The Hall–Kier alpha value is -1.59. The van der Waals surface area contributed by atoms with Crippen molar-refractivity contribution in [3.8, 4) is 0 Å². The van der Waals surface area contributed by atoms with E-state index in [1.54, 1.807) is 0 Å². The molecule has 0 spiro atoms. The molecule has 0 aromatic carbocycles. The minimum Gasteiger partial charge on any atom is -0.370 e. The van der Waals surface area contributed by atoms with Crippen molar-refractivity contribution in [3.05, 3.63) is 0 Å². The molecule has 0 saturated carbocycles. The van der Waals surface area contributed by atoms with Gasteiger partial charge in [-0.05, 0) is 5.92 Å². The number of rotatable bonds is 2. The van der Waals surface area contributed by atoms with Crippen LogP contribution in [0.2, 0.25) is 0 Å². The van der Waals surface area contributed by atoms with E-state index >= 15 is 0 Å². The van der Waals surface area contributed by atoms with Gasteiger partial charge >= 0.3 is 6.03 Å². The topological polar surface area (TPSA) is 106 Å². The lowest BCUT2D eigenvalue weighted by Gasteiger charge is -2.09. The van der Waals surface area contributed by atoms with Crippen molar-refractivity contribution in [2.45, 2.75) is 12.8 Å². The molecule has 1 fully saturated rings. The molecular formula is C7H11N3O3. The van der Waals surface area contributed by atoms with Crippen molar-refractivity contribution in [3.63, 3.8) is 0 Å². The number of carbonyl (C=O) groups excluding carboxylic acids is 3. The SMILES string of the molecule is NC(=O)CC1CC(=O)N(C(N)=O)C1. The van der Waals surface area contributed by atoms with Crippen molar-refractivity contribution in [2.75, 3.05) is 6.54 Å². The molecule has 1 saturated heterocycles. The molecule has 1 rings (SSSR count). The van der Waals surface area contributed by atoms with Gasteiger partial charge in [0, 0.05) is 19.4 Å². The Morgan fingerprint density at radius 2 is 2.08 bits per heavy atom. The first kappa shape index (κ1) is 9.50. The van der Waals surface area contributed by atoms with Crippen LogP contribution in [-0.4, -0.2) is 29.3 Å². The number of hydrogen-bond donors (Lipinski definition) is 2. The Labute approximate surface area is 74.8 Å². The van der Waals surface area contributed by atoms with Gasteiger partial charge in [0.05, 0.1) is 0 Å². The molecule has 72 valence electrons. The number of likely N-dealkylation sites (tertiary alicyclic amines) is 1. The van der Waals surface area contributed by atoms with E-state index in [1.807, 2.05) is 0 Å². The van der Waals surface area contributed by atoms with E-state index in [9.17, 15) is 14.4 Å². The third-order valence-electron chi connectivity index (χ3n) is 1.96. The van der Waals surface area contributed by atoms with Crippen molar-refractivity contribution in [1.82, 2.24) is 4.90 Å². The molecule has 0 aliphatic carbocycles. The second kappa shape index (κ2) is 3.42. The summed E-state index contributed by atoms with van der Waals surface area (Å²) < 4.78 is 0. The molecular weight excluding hydrogens is 174 g/mol. The molecule has 4 N–H and O–H groups in total. The molecule has 13 heavy (non-hydrogen) atoms. The maximum atomic E-state index is 11.1. The summed E-state index contributed by atoms with van der Waals surface area (Å²) in [5.74, 6) is -0.972. The second-order valence-electron chi connectivity index (χ2n) is 3.08. The van der Waals surface area contributed by atoms with Gasteiger partial charge in [0.1, 0.15) is 0 Å². The van der Waals surface area contributed by atoms with Crippen molar-refractivity contribution in [2.24, 2.45) is 17.4 Å². The molecule has 0 aromatic rings. The van der Waals surface area contributed by atoms with Crippen LogP contribution in [0.3, 0.4) is 0 Å². The van der Waals surface area contributed by atoms with Crippen LogP contribution in [0.1, 0.15) is 12.8 Å². The highest BCUT2D eigenvalue weighted by Gasteiger charge is 2.33. The van der Waals surface area contributed by atoms with Crippen LogP contribution in [-0.2, 0) is 9.59 Å². The quantitative estimate of drug-likeness (QED) is 0.563. The zero-order valence-corrected chi connectivity index (χ0v) is 7.03. The average Bonchev–Trinajstić information content (AvgIpc) is 2.29. The highest BCUT2D eigenvalue weighted by atomic mass is 16.2. The van der Waals surface area contributed by atoms with Crippen LogP contribution in [0.25, 0.3) is 0 Å². The number of nitrogens with two attached hydrogens (primary N) is 2. The lowest BCUT2D eigenvalue weighted by Crippen LogP contribution is -2.36. The number of carbonyl (C=O) groups is 3. The van der Waals surface area contributed by atoms with Crippen LogP contribution in [0.5, 0.6) is 0 Å². The molecule has 0 aromatic heterocycles. The smallest absolute Gasteiger partial charge is 0.321 e. The number of urea groups is 1. The fourth-order valence-corrected chi connectivity index (χ4v) is 1.42. The Morgan fingerprint density at radius 1 is 1.46 bits per heavy atom. The Kier molecular flexibility index (Phi) is 2.50. The number of nitrogens with zero attached hydrogens (tertiary/aromatic N) is 1. The molecule has 1 unspecified atom stereocenters. The molecule has 0 bridgehead atoms. The summed E-state index contributed by atoms with van der Waals surface area (Å²) in [6, 6.07) is -0.767. The van der Waals surface area contributed by atoms with Gasteiger partial charge in [0.15, 0.2) is 0 Å². The lowest BCUT2D eigenvalue weighted by molar-refractivity contribution is -0.125. The largest absolute Gasteiger partial charge is 0.370 e. The van der Waals surface area contributed by atoms with Gasteiger partial charge in [-0.1, -0.05) is 0 Å². The summed E-state index contributed by atoms with van der Waals surface area (Å²) in [5.41, 5.74) is 9.89. The minimum atomic E-state index is -0.767. The first-order valence-electron chi connectivity index (χ1n) is 3.89. The van der Waals surface area contributed by atoms with Crippen LogP contribution < -0.4 is 11.5 Å². The highest BCUT2D eigenvalue weighted by molar-refractivity contribution is 5.95. The fourth-order valence-electron chi connectivity index (χ4n) is 1.42. The summed E-state index contributed by atoms with van der Waals surface area (Å²) >= 11 is 0. The van der Waals surface area contributed by atoms with Gasteiger partial charge in [0.2, 0.25) is 11.8 Å². The lowest BCUT2D eigenvalue weighted by atomic mass is 10.1. The standard InChI is InChI=1S/C7H11N3O3/c8-5(11)1-4-2-6(12)10(3-4)7(9)13/h4H,1-3H2,(H2,8,11)(H2,9,13). The predicted octanol–water partition coefficient (Wildman–Crippen LogP) is -1.21. The van der Waals surface area contributed by atoms with Crippen LogP contribution in [0, 0.1) is 5.92 Å². The Bertz CT molecular complexity index is 264. The first-order valence-corrected chi connectivity index (χ1v) is 3.89. The van der Waals surface area contributed by atoms with Crippen molar-refractivity contribution < 1.29 is 14.4 Å². The molecule has 1 heterocycles. The Morgan fingerprint density at radius 3 is 2.46 bits per heavy atom. The molecule has 4 amide bonds. The number of primary amides is 2. The summed E-state index contributed by atoms with van der Waals surface area (Å²) in [5, 5.41) is 0. The van der Waals surface area contributed by atoms with E-state index in [0.717, 1.165) is 4.90 Å². The van der Waals surface area contributed by atoms with E-state index in [0.29, 0.717) is 0 Å². The Balaban J connectivity index is 2.55. The van der Waals surface area contributed by atoms with Gasteiger partial charge in [0.25, 0.3) is 0 Å². The summed E-state index contributed by atoms with van der Waals surface area (Å²) in [6.45, 7) is 0.205. The first-order chi connectivity index (χ1) is 6.00. The summed E-state index contributed by atoms with van der Waals surface area (Å²) in [6.07, 6.45) is 0.293. The van der Waals surface area contributed by atoms with Crippen molar-refractivity contribution in [1.29, 1.82) is 0 Å². The van der Waals surface area contributed by atoms with Crippen LogP contribution in [0.15, 0.2) is 0 Å². The molecule has 6 heteroatoms. The molecule has 0 radical (unpaired) electrons. The zero-order chi connectivity index (χ0) is 10.0. The zero-order valence-electron chi connectivity index (χ0n) is 7.03. The summed E-state index contributed by atoms with van der Waals surface area (Å²) in [7, 11) is 0. The third-order valence-corrected chi connectivity index (χ3v) is 1.96. The molecule has 1 aliphatic heterocycles. The van der Waals surface area contributed by atoms with Gasteiger partial charge in [-0.2, -0.15) is 0 Å². The number of imide groups is 1. The van der Waals surface area contributed by atoms with Crippen molar-refractivity contribution >= 4 is 17.8 Å². The van der Waals surface area contributed by atoms with Gasteiger partial charge in [-0.3, -0.25) is 14.5 Å². The van der Waals surface area contributed by atoms with E-state index in [-0.39, 0.29) is 31.2 Å². The van der Waals surface area contributed by atoms with Crippen LogP contribution >= 0.6 is 0 Å². The van der Waals surface area contributed by atoms with Gasteiger partial charge in [-0.25, -0.2) is 4.79 Å². The van der Waals surface area contributed by atoms with E-state index in [2.05, 4.69) is 0 Å². The third kappa shape index (κ3) is 2.17. The maximum Gasteiger partial charge on any atom is 0.321 e. The molecule has 1 atom stereocenters. The van der Waals surface area contributed by atoms with Crippen LogP contribution in [0.4, 0.5) is 4.79 Å². The van der Waals surface area contributed by atoms with E-state index in [4.69, 9.17) is 11.5 Å².